The van der Waals surface area contributed by atoms with Gasteiger partial charge in [0.1, 0.15) is 29.0 Å². The van der Waals surface area contributed by atoms with Gasteiger partial charge >= 0.3 is 6.01 Å². The van der Waals surface area contributed by atoms with Crippen LogP contribution in [0.1, 0.15) is 26.3 Å². The summed E-state index contributed by atoms with van der Waals surface area (Å²) in [6.45, 7) is 6.63. The Hall–Kier alpha value is -7.47. The highest BCUT2D eigenvalue weighted by atomic mass is 19.1. The van der Waals surface area contributed by atoms with Crippen LogP contribution in [0.15, 0.2) is 176 Å². The molecular formula is C52H38F2N4O+2. The van der Waals surface area contributed by atoms with Gasteiger partial charge in [-0.1, -0.05) is 93.6 Å². The molecule has 0 bridgehead atoms. The van der Waals surface area contributed by atoms with Gasteiger partial charge in [0.05, 0.1) is 28.2 Å². The van der Waals surface area contributed by atoms with Crippen molar-refractivity contribution in [2.24, 2.45) is 0 Å². The molecule has 0 amide bonds. The Labute approximate surface area is 340 Å². The Bertz CT molecular complexity index is 3170. The van der Waals surface area contributed by atoms with Crippen molar-refractivity contribution in [3.8, 4) is 39.6 Å². The van der Waals surface area contributed by atoms with Gasteiger partial charge in [0, 0.05) is 47.3 Å². The molecular weight excluding hydrogens is 735 g/mol. The minimum absolute atomic E-state index is 0.0359. The fourth-order valence-electron chi connectivity index (χ4n) is 8.08. The first-order valence-corrected chi connectivity index (χ1v) is 19.6. The van der Waals surface area contributed by atoms with Crippen molar-refractivity contribution in [1.82, 2.24) is 18.7 Å². The second kappa shape index (κ2) is 14.2. The quantitative estimate of drug-likeness (QED) is 0.151. The van der Waals surface area contributed by atoms with Crippen LogP contribution >= 0.6 is 0 Å². The minimum Gasteiger partial charge on any atom is -0.457 e. The van der Waals surface area contributed by atoms with Gasteiger partial charge in [-0.15, -0.1) is 0 Å². The lowest BCUT2D eigenvalue weighted by molar-refractivity contribution is 0.483. The second-order valence-corrected chi connectivity index (χ2v) is 15.8. The molecule has 284 valence electrons. The fraction of sp³-hybridized carbons (Fsp3) is 0.0769. The zero-order valence-corrected chi connectivity index (χ0v) is 32.7. The average molecular weight is 773 g/mol. The summed E-state index contributed by atoms with van der Waals surface area (Å²) in [5.74, 6) is 0.903. The Morgan fingerprint density at radius 3 is 2.00 bits per heavy atom. The van der Waals surface area contributed by atoms with Crippen LogP contribution in [-0.2, 0) is 5.41 Å². The molecule has 0 saturated heterocycles. The maximum Gasteiger partial charge on any atom is 0.503 e. The first-order chi connectivity index (χ1) is 28.7. The zero-order chi connectivity index (χ0) is 40.3. The van der Waals surface area contributed by atoms with Crippen molar-refractivity contribution in [3.05, 3.63) is 193 Å². The number of benzene rings is 7. The number of ether oxygens (including phenoxy) is 1. The molecule has 1 aliphatic rings. The molecule has 9 aromatic rings. The maximum absolute atomic E-state index is 14.7. The van der Waals surface area contributed by atoms with E-state index in [2.05, 4.69) is 79.9 Å². The van der Waals surface area contributed by atoms with Gasteiger partial charge in [0.25, 0.3) is 11.4 Å². The second-order valence-electron chi connectivity index (χ2n) is 15.8. The lowest BCUT2D eigenvalue weighted by Gasteiger charge is -2.20. The van der Waals surface area contributed by atoms with Crippen LogP contribution in [0.5, 0.6) is 11.5 Å². The van der Waals surface area contributed by atoms with E-state index in [1.165, 1.54) is 17.7 Å². The van der Waals surface area contributed by atoms with Crippen molar-refractivity contribution >= 4 is 50.6 Å². The number of rotatable bonds is 7. The third kappa shape index (κ3) is 6.48. The molecule has 0 atom stereocenters. The first kappa shape index (κ1) is 35.9. The number of aromatic nitrogens is 2. The van der Waals surface area contributed by atoms with Crippen LogP contribution in [0.2, 0.25) is 0 Å². The fourth-order valence-corrected chi connectivity index (χ4v) is 8.08. The van der Waals surface area contributed by atoms with E-state index in [-0.39, 0.29) is 5.41 Å². The van der Waals surface area contributed by atoms with Crippen LogP contribution in [0.25, 0.3) is 49.9 Å². The van der Waals surface area contributed by atoms with E-state index < -0.39 is 11.6 Å². The van der Waals surface area contributed by atoms with Gasteiger partial charge < -0.3 is 4.74 Å². The third-order valence-corrected chi connectivity index (χ3v) is 10.9. The molecule has 3 heterocycles. The van der Waals surface area contributed by atoms with Crippen LogP contribution < -0.4 is 13.9 Å². The van der Waals surface area contributed by atoms with Gasteiger partial charge in [-0.25, -0.2) is 13.8 Å². The zero-order valence-electron chi connectivity index (χ0n) is 32.7. The predicted octanol–water partition coefficient (Wildman–Crippen LogP) is 13.7. The number of para-hydroxylation sites is 4. The highest BCUT2D eigenvalue weighted by Crippen LogP contribution is 2.45. The summed E-state index contributed by atoms with van der Waals surface area (Å²) < 4.78 is 42.3. The van der Waals surface area contributed by atoms with Gasteiger partial charge in [-0.2, -0.15) is 0 Å². The van der Waals surface area contributed by atoms with Gasteiger partial charge in [0.2, 0.25) is 11.4 Å². The number of hydrogen-bond acceptors (Lipinski definition) is 2. The summed E-state index contributed by atoms with van der Waals surface area (Å²) in [4.78, 5) is 4.84. The lowest BCUT2D eigenvalue weighted by Crippen LogP contribution is -2.12. The summed E-state index contributed by atoms with van der Waals surface area (Å²) in [7, 11) is 0. The average Bonchev–Trinajstić information content (AvgIpc) is 3.79. The number of nitrogens with zero attached hydrogens (tertiary/aromatic N) is 4. The van der Waals surface area contributed by atoms with Crippen LogP contribution in [0, 0.1) is 11.6 Å². The molecule has 0 spiro atoms. The molecule has 0 saturated carbocycles. The summed E-state index contributed by atoms with van der Waals surface area (Å²) in [5, 5.41) is 2.25. The van der Waals surface area contributed by atoms with Gasteiger partial charge in [-0.3, -0.25) is 4.57 Å². The monoisotopic (exact) mass is 772 g/mol. The minimum atomic E-state index is -0.642. The Morgan fingerprint density at radius 1 is 0.559 bits per heavy atom. The number of hydrogen-bond donors (Lipinski definition) is 0. The van der Waals surface area contributed by atoms with E-state index in [4.69, 9.17) is 9.72 Å². The summed E-state index contributed by atoms with van der Waals surface area (Å²) in [5.41, 5.74) is 9.51. The SMILES string of the molecule is CC(C)(C)c1ccnc(-n2c3ccccc3c3ccc(Oc4cccc([N+]5=C=[N+](c6c(-c7ccccc7)cccc6-c6cc(F)cc(F)c6)c6ccccc65)c4)cc32)c1. The summed E-state index contributed by atoms with van der Waals surface area (Å²) >= 11 is 0. The lowest BCUT2D eigenvalue weighted by atomic mass is 9.88. The maximum atomic E-state index is 14.7. The van der Waals surface area contributed by atoms with E-state index in [1.54, 1.807) is 0 Å². The largest absolute Gasteiger partial charge is 0.503 e. The summed E-state index contributed by atoms with van der Waals surface area (Å²) in [6, 6.07) is 57.9. The molecule has 0 fully saturated rings. The van der Waals surface area contributed by atoms with Gasteiger partial charge in [-0.05, 0) is 91.9 Å². The molecule has 59 heavy (non-hydrogen) atoms. The van der Waals surface area contributed by atoms with Crippen molar-refractivity contribution in [1.29, 1.82) is 0 Å². The van der Waals surface area contributed by atoms with Crippen LogP contribution in [0.4, 0.5) is 31.5 Å². The first-order valence-electron chi connectivity index (χ1n) is 19.6. The highest BCUT2D eigenvalue weighted by Gasteiger charge is 2.39. The molecule has 0 radical (unpaired) electrons. The van der Waals surface area contributed by atoms with E-state index in [0.29, 0.717) is 22.6 Å². The van der Waals surface area contributed by atoms with E-state index in [0.717, 1.165) is 67.6 Å². The van der Waals surface area contributed by atoms with Crippen molar-refractivity contribution in [2.45, 2.75) is 26.2 Å². The van der Waals surface area contributed by atoms with Crippen molar-refractivity contribution < 1.29 is 13.5 Å². The highest BCUT2D eigenvalue weighted by molar-refractivity contribution is 6.09. The normalized spacial score (nSPS) is 12.4. The molecule has 7 aromatic carbocycles. The molecule has 10 rings (SSSR count). The van der Waals surface area contributed by atoms with E-state index in [1.807, 2.05) is 118 Å². The van der Waals surface area contributed by atoms with Crippen LogP contribution in [-0.4, -0.2) is 15.6 Å². The summed E-state index contributed by atoms with van der Waals surface area (Å²) in [6.07, 6.45) is 1.89. The van der Waals surface area contributed by atoms with Crippen LogP contribution in [0.3, 0.4) is 0 Å². The molecule has 2 aromatic heterocycles. The van der Waals surface area contributed by atoms with E-state index in [9.17, 15) is 8.78 Å². The number of halogens is 2. The predicted molar refractivity (Wildman–Crippen MR) is 235 cm³/mol. The van der Waals surface area contributed by atoms with E-state index >= 15 is 0 Å². The number of fused-ring (bicyclic) bond motifs is 4. The Morgan fingerprint density at radius 2 is 1.22 bits per heavy atom. The third-order valence-electron chi connectivity index (χ3n) is 10.9. The molecule has 0 unspecified atom stereocenters. The Balaban J connectivity index is 1.10. The molecule has 5 nitrogen and oxygen atoms in total. The number of pyridine rings is 1. The van der Waals surface area contributed by atoms with Crippen molar-refractivity contribution in [2.75, 3.05) is 0 Å². The molecule has 7 heteroatoms. The molecule has 0 N–H and O–H groups in total. The Kier molecular flexibility index (Phi) is 8.62. The smallest absolute Gasteiger partial charge is 0.457 e. The van der Waals surface area contributed by atoms with Crippen molar-refractivity contribution in [3.63, 3.8) is 0 Å². The standard InChI is InChI=1S/C52H38F2N4O/c1-52(2,3)36-25-26-55-50(29-36)58-46-20-8-7-17-44(46)45-24-23-41(32-49(45)58)59-40-16-11-15-39(31-40)56-33-57(48-22-10-9-21-47(48)56)51-42(34-13-5-4-6-14-34)18-12-19-43(51)35-27-37(53)30-38(54)28-35/h4-32H,1-3H3/q+2. The topological polar surface area (TPSA) is 33.1 Å². The van der Waals surface area contributed by atoms with Gasteiger partial charge in [0.15, 0.2) is 0 Å². The molecule has 0 aliphatic carbocycles. The molecule has 1 aliphatic heterocycles.